The maximum Gasteiger partial charge on any atom is 0.0332 e. The molecule has 0 aliphatic heterocycles. The highest BCUT2D eigenvalue weighted by Gasteiger charge is 2.30. The van der Waals surface area contributed by atoms with E-state index in [1.165, 1.54) is 11.1 Å². The quantitative estimate of drug-likeness (QED) is 0.629. The van der Waals surface area contributed by atoms with Crippen LogP contribution in [0.1, 0.15) is 37.8 Å². The van der Waals surface area contributed by atoms with E-state index in [1.807, 2.05) is 0 Å². The molecular formula is C15H22Cl2. The second-order valence-electron chi connectivity index (χ2n) is 5.35. The summed E-state index contributed by atoms with van der Waals surface area (Å²) in [6.07, 6.45) is 2.22. The molecule has 0 aliphatic rings. The van der Waals surface area contributed by atoms with E-state index < -0.39 is 0 Å². The highest BCUT2D eigenvalue weighted by Crippen LogP contribution is 2.33. The molecule has 0 radical (unpaired) electrons. The van der Waals surface area contributed by atoms with E-state index in [0.29, 0.717) is 17.7 Å². The molecule has 0 atom stereocenters. The van der Waals surface area contributed by atoms with E-state index in [9.17, 15) is 0 Å². The van der Waals surface area contributed by atoms with Crippen LogP contribution in [0.3, 0.4) is 0 Å². The average molecular weight is 273 g/mol. The molecule has 1 aromatic carbocycles. The van der Waals surface area contributed by atoms with Crippen molar-refractivity contribution in [1.29, 1.82) is 0 Å². The summed E-state index contributed by atoms with van der Waals surface area (Å²) in [4.78, 5) is 0. The second-order valence-corrected chi connectivity index (χ2v) is 5.88. The highest BCUT2D eigenvalue weighted by atomic mass is 35.5. The first-order chi connectivity index (χ1) is 8.04. The molecule has 0 heterocycles. The predicted octanol–water partition coefficient (Wildman–Crippen LogP) is 5.15. The van der Waals surface area contributed by atoms with Gasteiger partial charge in [-0.25, -0.2) is 0 Å². The third-order valence-corrected chi connectivity index (χ3v) is 4.40. The third-order valence-electron chi connectivity index (χ3n) is 3.38. The number of benzene rings is 1. The molecule has 0 bridgehead atoms. The Balaban J connectivity index is 2.93. The van der Waals surface area contributed by atoms with Crippen molar-refractivity contribution >= 4 is 23.2 Å². The lowest BCUT2D eigenvalue weighted by atomic mass is 9.78. The Kier molecular flexibility index (Phi) is 5.82. The summed E-state index contributed by atoms with van der Waals surface area (Å²) in [6.45, 7) is 6.58. The number of hydrogen-bond donors (Lipinski definition) is 0. The Morgan fingerprint density at radius 3 is 2.00 bits per heavy atom. The summed E-state index contributed by atoms with van der Waals surface area (Å²) in [6, 6.07) is 8.61. The van der Waals surface area contributed by atoms with Gasteiger partial charge in [-0.05, 0) is 24.8 Å². The van der Waals surface area contributed by atoms with Crippen molar-refractivity contribution < 1.29 is 0 Å². The molecule has 1 aromatic rings. The van der Waals surface area contributed by atoms with Crippen molar-refractivity contribution in [1.82, 2.24) is 0 Å². The van der Waals surface area contributed by atoms with Gasteiger partial charge in [0.05, 0.1) is 0 Å². The summed E-state index contributed by atoms with van der Waals surface area (Å²) in [7, 11) is 0. The molecule has 0 nitrogen and oxygen atoms in total. The summed E-state index contributed by atoms with van der Waals surface area (Å²) < 4.78 is 0. The molecular weight excluding hydrogens is 251 g/mol. The maximum absolute atomic E-state index is 6.20. The van der Waals surface area contributed by atoms with Crippen LogP contribution in [0.5, 0.6) is 0 Å². The first kappa shape index (κ1) is 14.9. The van der Waals surface area contributed by atoms with Gasteiger partial charge in [-0.3, -0.25) is 0 Å². The Labute approximate surface area is 115 Å². The standard InChI is InChI=1S/C15H22Cl2/c1-12(2)8-9-15(10-16,11-17)14-6-4-13(3)5-7-14/h4-7,12H,8-11H2,1-3H3. The van der Waals surface area contributed by atoms with Gasteiger partial charge in [0.25, 0.3) is 0 Å². The van der Waals surface area contributed by atoms with Gasteiger partial charge in [0, 0.05) is 17.2 Å². The fourth-order valence-corrected chi connectivity index (χ4v) is 2.80. The second kappa shape index (κ2) is 6.66. The minimum absolute atomic E-state index is 0.0684. The van der Waals surface area contributed by atoms with E-state index in [1.54, 1.807) is 0 Å². The van der Waals surface area contributed by atoms with Crippen molar-refractivity contribution in [3.8, 4) is 0 Å². The van der Waals surface area contributed by atoms with Gasteiger partial charge in [-0.15, -0.1) is 23.2 Å². The van der Waals surface area contributed by atoms with E-state index in [-0.39, 0.29) is 5.41 Å². The molecule has 0 saturated heterocycles. The fourth-order valence-electron chi connectivity index (χ4n) is 1.94. The topological polar surface area (TPSA) is 0 Å². The van der Waals surface area contributed by atoms with Crippen LogP contribution < -0.4 is 0 Å². The van der Waals surface area contributed by atoms with Gasteiger partial charge in [-0.1, -0.05) is 50.1 Å². The van der Waals surface area contributed by atoms with Crippen molar-refractivity contribution in [3.05, 3.63) is 35.4 Å². The minimum Gasteiger partial charge on any atom is -0.126 e. The Morgan fingerprint density at radius 1 is 1.06 bits per heavy atom. The van der Waals surface area contributed by atoms with Gasteiger partial charge in [0.1, 0.15) is 0 Å². The summed E-state index contributed by atoms with van der Waals surface area (Å²) in [5, 5.41) is 0. The SMILES string of the molecule is Cc1ccc(C(CCl)(CCl)CCC(C)C)cc1. The van der Waals surface area contributed by atoms with Gasteiger partial charge < -0.3 is 0 Å². The molecule has 1 rings (SSSR count). The summed E-state index contributed by atoms with van der Waals surface area (Å²) >= 11 is 12.4. The average Bonchev–Trinajstić information content (AvgIpc) is 2.32. The number of alkyl halides is 2. The van der Waals surface area contributed by atoms with Crippen LogP contribution in [-0.2, 0) is 5.41 Å². The zero-order chi connectivity index (χ0) is 12.9. The minimum atomic E-state index is -0.0684. The van der Waals surface area contributed by atoms with Gasteiger partial charge >= 0.3 is 0 Å². The zero-order valence-corrected chi connectivity index (χ0v) is 12.5. The normalized spacial score (nSPS) is 12.1. The molecule has 0 amide bonds. The zero-order valence-electron chi connectivity index (χ0n) is 11.0. The van der Waals surface area contributed by atoms with Crippen LogP contribution in [0.2, 0.25) is 0 Å². The third kappa shape index (κ3) is 3.89. The van der Waals surface area contributed by atoms with Crippen molar-refractivity contribution in [2.45, 2.75) is 39.0 Å². The molecule has 0 saturated carbocycles. The van der Waals surface area contributed by atoms with Gasteiger partial charge in [0.2, 0.25) is 0 Å². The van der Waals surface area contributed by atoms with Crippen molar-refractivity contribution in [2.75, 3.05) is 11.8 Å². The van der Waals surface area contributed by atoms with Crippen LogP contribution in [0.25, 0.3) is 0 Å². The molecule has 2 heteroatoms. The van der Waals surface area contributed by atoms with Crippen LogP contribution >= 0.6 is 23.2 Å². The fraction of sp³-hybridized carbons (Fsp3) is 0.600. The van der Waals surface area contributed by atoms with Crippen molar-refractivity contribution in [3.63, 3.8) is 0 Å². The molecule has 0 N–H and O–H groups in total. The van der Waals surface area contributed by atoms with E-state index in [2.05, 4.69) is 45.0 Å². The van der Waals surface area contributed by atoms with Gasteiger partial charge in [0.15, 0.2) is 0 Å². The number of halogens is 2. The van der Waals surface area contributed by atoms with Crippen LogP contribution in [0.4, 0.5) is 0 Å². The van der Waals surface area contributed by atoms with E-state index in [4.69, 9.17) is 23.2 Å². The Bertz CT molecular complexity index is 323. The molecule has 0 spiro atoms. The number of aryl methyl sites for hydroxylation is 1. The maximum atomic E-state index is 6.20. The molecule has 96 valence electrons. The first-order valence-electron chi connectivity index (χ1n) is 6.23. The number of rotatable bonds is 6. The Hall–Kier alpha value is -0.200. The van der Waals surface area contributed by atoms with E-state index in [0.717, 1.165) is 12.8 Å². The summed E-state index contributed by atoms with van der Waals surface area (Å²) in [5.74, 6) is 1.87. The van der Waals surface area contributed by atoms with Crippen LogP contribution in [-0.4, -0.2) is 11.8 Å². The van der Waals surface area contributed by atoms with Gasteiger partial charge in [-0.2, -0.15) is 0 Å². The highest BCUT2D eigenvalue weighted by molar-refractivity contribution is 6.22. The van der Waals surface area contributed by atoms with Crippen LogP contribution in [0, 0.1) is 12.8 Å². The summed E-state index contributed by atoms with van der Waals surface area (Å²) in [5.41, 5.74) is 2.48. The van der Waals surface area contributed by atoms with Crippen molar-refractivity contribution in [2.24, 2.45) is 5.92 Å². The van der Waals surface area contributed by atoms with E-state index >= 15 is 0 Å². The smallest absolute Gasteiger partial charge is 0.0332 e. The molecule has 17 heavy (non-hydrogen) atoms. The lowest BCUT2D eigenvalue weighted by molar-refractivity contribution is 0.423. The predicted molar refractivity (Wildman–Crippen MR) is 78.4 cm³/mol. The monoisotopic (exact) mass is 272 g/mol. The lowest BCUT2D eigenvalue weighted by Crippen LogP contribution is -2.31. The lowest BCUT2D eigenvalue weighted by Gasteiger charge is -2.31. The molecule has 0 unspecified atom stereocenters. The largest absolute Gasteiger partial charge is 0.126 e. The molecule has 0 aliphatic carbocycles. The first-order valence-corrected chi connectivity index (χ1v) is 7.30. The number of hydrogen-bond acceptors (Lipinski definition) is 0. The Morgan fingerprint density at radius 2 is 1.59 bits per heavy atom. The molecule has 0 aromatic heterocycles. The van der Waals surface area contributed by atoms with Crippen LogP contribution in [0.15, 0.2) is 24.3 Å². The molecule has 0 fully saturated rings.